The smallest absolute Gasteiger partial charge is 0.410 e. The summed E-state index contributed by atoms with van der Waals surface area (Å²) in [4.78, 5) is 46.2. The Morgan fingerprint density at radius 1 is 0.955 bits per heavy atom. The van der Waals surface area contributed by atoms with Gasteiger partial charge in [0.15, 0.2) is 0 Å². The van der Waals surface area contributed by atoms with Crippen LogP contribution in [0.2, 0.25) is 0 Å². The van der Waals surface area contributed by atoms with Gasteiger partial charge in [0.2, 0.25) is 5.91 Å². The molecule has 0 unspecified atom stereocenters. The van der Waals surface area contributed by atoms with Crippen LogP contribution in [-0.2, 0) is 20.7 Å². The summed E-state index contributed by atoms with van der Waals surface area (Å²) in [5.74, 6) is 0.140. The van der Waals surface area contributed by atoms with E-state index in [0.717, 1.165) is 16.5 Å². The SMILES string of the molecule is CC(C)C[C@H](NC(=O)OC(C)(C)C)c1cn([C@@H](Cc2c[nH]c3ccccc23)C(=O)N2CCN(C(=O)OC(C)(C)C)CC2)nn1. The van der Waals surface area contributed by atoms with Gasteiger partial charge in [-0.2, -0.15) is 0 Å². The minimum absolute atomic E-state index is 0.115. The van der Waals surface area contributed by atoms with Gasteiger partial charge in [-0.05, 0) is 65.5 Å². The van der Waals surface area contributed by atoms with Crippen LogP contribution >= 0.6 is 0 Å². The number of rotatable bonds is 8. The average molecular weight is 610 g/mol. The fourth-order valence-electron chi connectivity index (χ4n) is 5.23. The third kappa shape index (κ3) is 8.73. The highest BCUT2D eigenvalue weighted by atomic mass is 16.6. The molecule has 12 nitrogen and oxygen atoms in total. The van der Waals surface area contributed by atoms with Crippen LogP contribution in [0.5, 0.6) is 0 Å². The molecule has 1 aliphatic rings. The highest BCUT2D eigenvalue weighted by Crippen LogP contribution is 2.27. The molecule has 3 aromatic rings. The third-order valence-electron chi connectivity index (χ3n) is 7.22. The lowest BCUT2D eigenvalue weighted by molar-refractivity contribution is -0.136. The van der Waals surface area contributed by atoms with E-state index in [1.54, 1.807) is 20.7 Å². The molecule has 240 valence electrons. The normalized spacial score (nSPS) is 15.8. The largest absolute Gasteiger partial charge is 0.444 e. The van der Waals surface area contributed by atoms with E-state index < -0.39 is 29.4 Å². The van der Waals surface area contributed by atoms with Crippen molar-refractivity contribution < 1.29 is 23.9 Å². The number of fused-ring (bicyclic) bond motifs is 1. The number of alkyl carbamates (subject to hydrolysis) is 1. The number of carbonyl (C=O) groups is 3. The lowest BCUT2D eigenvalue weighted by atomic mass is 10.0. The Kier molecular flexibility index (Phi) is 9.90. The maximum atomic E-state index is 14.2. The number of aromatic nitrogens is 4. The predicted octanol–water partition coefficient (Wildman–Crippen LogP) is 5.23. The molecule has 1 aromatic carbocycles. The first kappa shape index (κ1) is 32.8. The quantitative estimate of drug-likeness (QED) is 0.357. The van der Waals surface area contributed by atoms with Crippen molar-refractivity contribution in [1.29, 1.82) is 0 Å². The van der Waals surface area contributed by atoms with Crippen molar-refractivity contribution >= 4 is 29.0 Å². The van der Waals surface area contributed by atoms with Crippen molar-refractivity contribution in [2.75, 3.05) is 26.2 Å². The van der Waals surface area contributed by atoms with E-state index in [2.05, 4.69) is 34.5 Å². The molecule has 4 rings (SSSR count). The molecule has 0 spiro atoms. The van der Waals surface area contributed by atoms with E-state index in [-0.39, 0.29) is 17.9 Å². The van der Waals surface area contributed by atoms with Crippen molar-refractivity contribution in [2.24, 2.45) is 5.92 Å². The van der Waals surface area contributed by atoms with E-state index >= 15 is 0 Å². The Morgan fingerprint density at radius 3 is 2.23 bits per heavy atom. The van der Waals surface area contributed by atoms with Crippen LogP contribution in [0.3, 0.4) is 0 Å². The number of amides is 3. The van der Waals surface area contributed by atoms with Crippen molar-refractivity contribution in [1.82, 2.24) is 35.1 Å². The zero-order chi connectivity index (χ0) is 32.2. The maximum absolute atomic E-state index is 14.2. The van der Waals surface area contributed by atoms with Crippen molar-refractivity contribution in [3.05, 3.63) is 47.9 Å². The van der Waals surface area contributed by atoms with Crippen molar-refractivity contribution in [3.8, 4) is 0 Å². The fourth-order valence-corrected chi connectivity index (χ4v) is 5.23. The molecule has 1 fully saturated rings. The monoisotopic (exact) mass is 609 g/mol. The van der Waals surface area contributed by atoms with Gasteiger partial charge in [-0.1, -0.05) is 37.3 Å². The minimum Gasteiger partial charge on any atom is -0.444 e. The van der Waals surface area contributed by atoms with Gasteiger partial charge < -0.3 is 29.6 Å². The molecule has 44 heavy (non-hydrogen) atoms. The van der Waals surface area contributed by atoms with Crippen LogP contribution in [0.25, 0.3) is 10.9 Å². The molecule has 2 aromatic heterocycles. The highest BCUT2D eigenvalue weighted by Gasteiger charge is 2.33. The number of hydrogen-bond acceptors (Lipinski definition) is 7. The highest BCUT2D eigenvalue weighted by molar-refractivity contribution is 5.85. The summed E-state index contributed by atoms with van der Waals surface area (Å²) in [7, 11) is 0. The van der Waals surface area contributed by atoms with Crippen LogP contribution < -0.4 is 5.32 Å². The van der Waals surface area contributed by atoms with Gasteiger partial charge >= 0.3 is 12.2 Å². The zero-order valence-electron chi connectivity index (χ0n) is 27.2. The second kappa shape index (κ2) is 13.3. The molecular formula is C32H47N7O5. The Bertz CT molecular complexity index is 1440. The molecule has 1 aliphatic heterocycles. The molecular weight excluding hydrogens is 562 g/mol. The first-order chi connectivity index (χ1) is 20.6. The van der Waals surface area contributed by atoms with Gasteiger partial charge in [0, 0.05) is 49.7 Å². The summed E-state index contributed by atoms with van der Waals surface area (Å²) in [5, 5.41) is 12.8. The first-order valence-corrected chi connectivity index (χ1v) is 15.3. The number of H-pyrrole nitrogens is 1. The predicted molar refractivity (Wildman–Crippen MR) is 167 cm³/mol. The molecule has 3 heterocycles. The molecule has 0 bridgehead atoms. The summed E-state index contributed by atoms with van der Waals surface area (Å²) in [6, 6.07) is 6.82. The Hall–Kier alpha value is -4.09. The van der Waals surface area contributed by atoms with Gasteiger partial charge in [-0.3, -0.25) is 4.79 Å². The number of para-hydroxylation sites is 1. The Balaban J connectivity index is 1.58. The van der Waals surface area contributed by atoms with Gasteiger partial charge in [0.25, 0.3) is 0 Å². The second-order valence-corrected chi connectivity index (χ2v) is 13.8. The number of carbonyl (C=O) groups excluding carboxylic acids is 3. The van der Waals surface area contributed by atoms with Gasteiger partial charge in [-0.25, -0.2) is 14.3 Å². The lowest BCUT2D eigenvalue weighted by Gasteiger charge is -2.37. The Morgan fingerprint density at radius 2 is 1.59 bits per heavy atom. The van der Waals surface area contributed by atoms with E-state index in [4.69, 9.17) is 9.47 Å². The number of nitrogens with zero attached hydrogens (tertiary/aromatic N) is 5. The van der Waals surface area contributed by atoms with Crippen LogP contribution in [-0.4, -0.2) is 85.3 Å². The van der Waals surface area contributed by atoms with Crippen LogP contribution in [0, 0.1) is 5.92 Å². The van der Waals surface area contributed by atoms with Crippen molar-refractivity contribution in [2.45, 2.75) is 91.5 Å². The second-order valence-electron chi connectivity index (χ2n) is 13.8. The topological polar surface area (TPSA) is 135 Å². The molecule has 0 radical (unpaired) electrons. The first-order valence-electron chi connectivity index (χ1n) is 15.3. The van der Waals surface area contributed by atoms with Gasteiger partial charge in [-0.15, -0.1) is 5.10 Å². The summed E-state index contributed by atoms with van der Waals surface area (Å²) in [6.45, 7) is 16.6. The maximum Gasteiger partial charge on any atom is 0.410 e. The van der Waals surface area contributed by atoms with E-state index in [9.17, 15) is 14.4 Å². The van der Waals surface area contributed by atoms with Crippen LogP contribution in [0.4, 0.5) is 9.59 Å². The number of hydrogen-bond donors (Lipinski definition) is 2. The fraction of sp³-hybridized carbons (Fsp3) is 0.594. The standard InChI is InChI=1S/C32H47N7O5/c1-21(2)17-25(34-29(41)43-31(3,4)5)26-20-39(36-35-26)27(18-22-19-33-24-12-10-9-11-23(22)24)28(40)37-13-15-38(16-14-37)30(42)44-32(6,7)8/h9-12,19-21,25,27,33H,13-18H2,1-8H3,(H,34,41)/t25-,27-/m0/s1. The summed E-state index contributed by atoms with van der Waals surface area (Å²) < 4.78 is 12.6. The summed E-state index contributed by atoms with van der Waals surface area (Å²) >= 11 is 0. The van der Waals surface area contributed by atoms with Crippen LogP contribution in [0.1, 0.15) is 85.2 Å². The molecule has 1 saturated heterocycles. The number of ether oxygens (including phenoxy) is 2. The van der Waals surface area contributed by atoms with E-state index in [1.807, 2.05) is 72.0 Å². The van der Waals surface area contributed by atoms with E-state index in [1.165, 1.54) is 0 Å². The molecule has 0 aliphatic carbocycles. The number of nitrogens with one attached hydrogen (secondary N) is 2. The summed E-state index contributed by atoms with van der Waals surface area (Å²) in [6.07, 6.45) is 3.76. The zero-order valence-corrected chi connectivity index (χ0v) is 27.2. The number of benzene rings is 1. The molecule has 3 amide bonds. The molecule has 2 atom stereocenters. The van der Waals surface area contributed by atoms with Gasteiger partial charge in [0.05, 0.1) is 12.2 Å². The van der Waals surface area contributed by atoms with Gasteiger partial charge in [0.1, 0.15) is 22.9 Å². The number of piperazine rings is 1. The third-order valence-corrected chi connectivity index (χ3v) is 7.22. The number of aromatic amines is 1. The minimum atomic E-state index is -0.690. The molecule has 2 N–H and O–H groups in total. The molecule has 12 heteroatoms. The average Bonchev–Trinajstić information content (AvgIpc) is 3.56. The molecule has 0 saturated carbocycles. The van der Waals surface area contributed by atoms with E-state index in [0.29, 0.717) is 44.7 Å². The summed E-state index contributed by atoms with van der Waals surface area (Å²) in [5.41, 5.74) is 1.28. The Labute approximate surface area is 259 Å². The van der Waals surface area contributed by atoms with Crippen LogP contribution in [0.15, 0.2) is 36.7 Å². The van der Waals surface area contributed by atoms with Crippen molar-refractivity contribution in [3.63, 3.8) is 0 Å². The lowest BCUT2D eigenvalue weighted by Crippen LogP contribution is -2.53.